The highest BCUT2D eigenvalue weighted by Gasteiger charge is 2.19. The van der Waals surface area contributed by atoms with Crippen molar-refractivity contribution in [3.05, 3.63) is 51.9 Å². The molecular weight excluding hydrogens is 265 g/mol. The maximum Gasteiger partial charge on any atom is 0.205 e. The van der Waals surface area contributed by atoms with E-state index in [1.165, 1.54) is 29.5 Å². The number of benzene rings is 1. The third kappa shape index (κ3) is 2.17. The summed E-state index contributed by atoms with van der Waals surface area (Å²) in [5.74, 6) is -0.185. The van der Waals surface area contributed by atoms with Crippen molar-refractivity contribution in [1.82, 2.24) is 4.98 Å². The largest absolute Gasteiger partial charge is 0.453 e. The van der Waals surface area contributed by atoms with Gasteiger partial charge in [-0.15, -0.1) is 11.3 Å². The van der Waals surface area contributed by atoms with Gasteiger partial charge in [-0.1, -0.05) is 0 Å². The van der Waals surface area contributed by atoms with Crippen molar-refractivity contribution in [3.63, 3.8) is 0 Å². The zero-order valence-corrected chi connectivity index (χ0v) is 11.0. The van der Waals surface area contributed by atoms with E-state index in [2.05, 4.69) is 4.98 Å². The van der Waals surface area contributed by atoms with Crippen LogP contribution in [0.3, 0.4) is 0 Å². The number of halogens is 1. The Hall–Kier alpha value is -2.01. The molecule has 0 radical (unpaired) electrons. The van der Waals surface area contributed by atoms with Crippen LogP contribution in [-0.2, 0) is 6.42 Å². The van der Waals surface area contributed by atoms with E-state index >= 15 is 0 Å². The van der Waals surface area contributed by atoms with Crippen LogP contribution in [0, 0.1) is 12.7 Å². The van der Waals surface area contributed by atoms with Crippen molar-refractivity contribution in [2.24, 2.45) is 0 Å². The van der Waals surface area contributed by atoms with Crippen LogP contribution in [0.5, 0.6) is 0 Å². The molecule has 5 heteroatoms. The number of hydrogen-bond acceptors (Lipinski definition) is 4. The van der Waals surface area contributed by atoms with Gasteiger partial charge in [0.25, 0.3) is 0 Å². The van der Waals surface area contributed by atoms with Gasteiger partial charge < -0.3 is 4.42 Å². The molecule has 0 bridgehead atoms. The SMILES string of the molecule is Cc1c(C(=O)Cc2nccs2)oc2ccc(F)cc12. The lowest BCUT2D eigenvalue weighted by Crippen LogP contribution is -2.03. The maximum absolute atomic E-state index is 13.2. The molecule has 0 fully saturated rings. The van der Waals surface area contributed by atoms with E-state index in [-0.39, 0.29) is 23.8 Å². The van der Waals surface area contributed by atoms with Gasteiger partial charge in [0.05, 0.1) is 6.42 Å². The van der Waals surface area contributed by atoms with Crippen molar-refractivity contribution in [3.8, 4) is 0 Å². The Labute approximate surface area is 112 Å². The van der Waals surface area contributed by atoms with Gasteiger partial charge in [-0.3, -0.25) is 4.79 Å². The summed E-state index contributed by atoms with van der Waals surface area (Å²) in [6.07, 6.45) is 1.87. The summed E-state index contributed by atoms with van der Waals surface area (Å²) in [7, 11) is 0. The zero-order chi connectivity index (χ0) is 13.4. The third-order valence-electron chi connectivity index (χ3n) is 2.95. The summed E-state index contributed by atoms with van der Waals surface area (Å²) in [4.78, 5) is 16.2. The summed E-state index contributed by atoms with van der Waals surface area (Å²) in [6, 6.07) is 4.24. The molecule has 0 N–H and O–H groups in total. The number of aryl methyl sites for hydroxylation is 1. The number of Topliss-reactive ketones (excluding diaryl/α,β-unsaturated/α-hetero) is 1. The normalized spacial score (nSPS) is 11.1. The number of thiazole rings is 1. The number of rotatable bonds is 3. The predicted octanol–water partition coefficient (Wildman–Crippen LogP) is 3.76. The van der Waals surface area contributed by atoms with E-state index in [9.17, 15) is 9.18 Å². The molecule has 1 aromatic carbocycles. The van der Waals surface area contributed by atoms with Crippen LogP contribution in [0.15, 0.2) is 34.2 Å². The Balaban J connectivity index is 2.00. The fraction of sp³-hybridized carbons (Fsp3) is 0.143. The van der Waals surface area contributed by atoms with Crippen LogP contribution in [0.2, 0.25) is 0 Å². The first-order valence-corrected chi connectivity index (χ1v) is 6.63. The van der Waals surface area contributed by atoms with E-state index in [4.69, 9.17) is 4.42 Å². The van der Waals surface area contributed by atoms with Crippen LogP contribution < -0.4 is 0 Å². The van der Waals surface area contributed by atoms with Gasteiger partial charge in [0.15, 0.2) is 5.76 Å². The zero-order valence-electron chi connectivity index (χ0n) is 10.1. The van der Waals surface area contributed by atoms with E-state index in [0.717, 1.165) is 5.01 Å². The maximum atomic E-state index is 13.2. The highest BCUT2D eigenvalue weighted by Crippen LogP contribution is 2.27. The van der Waals surface area contributed by atoms with Crippen LogP contribution >= 0.6 is 11.3 Å². The van der Waals surface area contributed by atoms with Crippen molar-refractivity contribution in [2.45, 2.75) is 13.3 Å². The number of fused-ring (bicyclic) bond motifs is 1. The van der Waals surface area contributed by atoms with Crippen LogP contribution in [-0.4, -0.2) is 10.8 Å². The molecule has 0 spiro atoms. The Morgan fingerprint density at radius 2 is 2.32 bits per heavy atom. The quantitative estimate of drug-likeness (QED) is 0.683. The number of furan rings is 1. The number of carbonyl (C=O) groups is 1. The molecule has 0 aliphatic carbocycles. The molecule has 0 saturated heterocycles. The Morgan fingerprint density at radius 1 is 1.47 bits per heavy atom. The Morgan fingerprint density at radius 3 is 3.05 bits per heavy atom. The first-order valence-electron chi connectivity index (χ1n) is 5.75. The van der Waals surface area contributed by atoms with Gasteiger partial charge in [0.2, 0.25) is 5.78 Å². The smallest absolute Gasteiger partial charge is 0.205 e. The summed E-state index contributed by atoms with van der Waals surface area (Å²) < 4.78 is 18.7. The van der Waals surface area contributed by atoms with Crippen LogP contribution in [0.25, 0.3) is 11.0 Å². The molecule has 0 amide bonds. The molecule has 3 nitrogen and oxygen atoms in total. The minimum atomic E-state index is -0.338. The predicted molar refractivity (Wildman–Crippen MR) is 71.1 cm³/mol. The molecule has 3 rings (SSSR count). The second-order valence-corrected chi connectivity index (χ2v) is 5.20. The fourth-order valence-corrected chi connectivity index (χ4v) is 2.63. The minimum absolute atomic E-state index is 0.135. The lowest BCUT2D eigenvalue weighted by atomic mass is 10.1. The third-order valence-corrected chi connectivity index (χ3v) is 3.73. The van der Waals surface area contributed by atoms with Gasteiger partial charge in [-0.05, 0) is 25.1 Å². The fourth-order valence-electron chi connectivity index (χ4n) is 2.02. The van der Waals surface area contributed by atoms with Gasteiger partial charge in [0, 0.05) is 22.5 Å². The minimum Gasteiger partial charge on any atom is -0.453 e. The average Bonchev–Trinajstić information content (AvgIpc) is 2.98. The molecule has 0 unspecified atom stereocenters. The Bertz CT molecular complexity index is 746. The standard InChI is InChI=1S/C14H10FNO2S/c1-8-10-6-9(15)2-3-12(10)18-14(8)11(17)7-13-16-4-5-19-13/h2-6H,7H2,1H3. The highest BCUT2D eigenvalue weighted by atomic mass is 32.1. The van der Waals surface area contributed by atoms with Crippen molar-refractivity contribution >= 4 is 28.1 Å². The van der Waals surface area contributed by atoms with Gasteiger partial charge >= 0.3 is 0 Å². The van der Waals surface area contributed by atoms with Crippen LogP contribution in [0.4, 0.5) is 4.39 Å². The molecule has 0 aliphatic rings. The van der Waals surface area contributed by atoms with E-state index in [1.54, 1.807) is 13.1 Å². The van der Waals surface area contributed by atoms with E-state index < -0.39 is 0 Å². The van der Waals surface area contributed by atoms with E-state index in [0.29, 0.717) is 16.5 Å². The first kappa shape index (κ1) is 12.0. The Kier molecular flexibility index (Phi) is 2.91. The topological polar surface area (TPSA) is 43.1 Å². The highest BCUT2D eigenvalue weighted by molar-refractivity contribution is 7.09. The van der Waals surface area contributed by atoms with Gasteiger partial charge in [0.1, 0.15) is 16.4 Å². The number of aromatic nitrogens is 1. The number of ketones is 1. The lowest BCUT2D eigenvalue weighted by molar-refractivity contribution is 0.0967. The monoisotopic (exact) mass is 275 g/mol. The number of carbonyl (C=O) groups excluding carboxylic acids is 1. The van der Waals surface area contributed by atoms with Crippen LogP contribution in [0.1, 0.15) is 21.1 Å². The summed E-state index contributed by atoms with van der Waals surface area (Å²) in [6.45, 7) is 1.76. The van der Waals surface area contributed by atoms with Crippen molar-refractivity contribution < 1.29 is 13.6 Å². The second-order valence-electron chi connectivity index (χ2n) is 4.22. The molecular formula is C14H10FNO2S. The van der Waals surface area contributed by atoms with Crippen molar-refractivity contribution in [2.75, 3.05) is 0 Å². The summed E-state index contributed by atoms with van der Waals surface area (Å²) >= 11 is 1.43. The average molecular weight is 275 g/mol. The molecule has 2 heterocycles. The molecule has 3 aromatic rings. The molecule has 2 aromatic heterocycles. The first-order chi connectivity index (χ1) is 9.15. The molecule has 19 heavy (non-hydrogen) atoms. The number of nitrogens with zero attached hydrogens (tertiary/aromatic N) is 1. The second kappa shape index (κ2) is 4.59. The summed E-state index contributed by atoms with van der Waals surface area (Å²) in [5, 5.41) is 3.21. The number of hydrogen-bond donors (Lipinski definition) is 0. The molecule has 0 saturated carbocycles. The van der Waals surface area contributed by atoms with Crippen molar-refractivity contribution in [1.29, 1.82) is 0 Å². The summed E-state index contributed by atoms with van der Waals surface area (Å²) in [5.41, 5.74) is 1.21. The molecule has 96 valence electrons. The van der Waals surface area contributed by atoms with Gasteiger partial charge in [-0.2, -0.15) is 0 Å². The lowest BCUT2D eigenvalue weighted by Gasteiger charge is -1.95. The van der Waals surface area contributed by atoms with E-state index in [1.807, 2.05) is 5.38 Å². The molecule has 0 atom stereocenters. The van der Waals surface area contributed by atoms with Gasteiger partial charge in [-0.25, -0.2) is 9.37 Å². The molecule has 0 aliphatic heterocycles.